The highest BCUT2D eigenvalue weighted by molar-refractivity contribution is 5.14. The van der Waals surface area contributed by atoms with E-state index in [1.807, 2.05) is 0 Å². The number of unbranched alkanes of at least 4 members (excludes halogenated alkanes) is 1. The van der Waals surface area contributed by atoms with Crippen molar-refractivity contribution in [1.82, 2.24) is 5.32 Å². The van der Waals surface area contributed by atoms with Gasteiger partial charge in [-0.05, 0) is 24.8 Å². The van der Waals surface area contributed by atoms with Crippen LogP contribution < -0.4 is 5.32 Å². The van der Waals surface area contributed by atoms with E-state index >= 15 is 0 Å². The molecule has 0 unspecified atom stereocenters. The minimum atomic E-state index is 0.552. The molecule has 1 aromatic carbocycles. The second-order valence-electron chi connectivity index (χ2n) is 4.66. The predicted molar refractivity (Wildman–Crippen MR) is 73.3 cm³/mol. The Morgan fingerprint density at radius 3 is 2.53 bits per heavy atom. The van der Waals surface area contributed by atoms with Crippen LogP contribution >= 0.6 is 0 Å². The Balaban J connectivity index is 1.88. The fourth-order valence-corrected chi connectivity index (χ4v) is 1.70. The second-order valence-corrected chi connectivity index (χ2v) is 4.66. The first-order valence-corrected chi connectivity index (χ1v) is 6.64. The third-order valence-corrected chi connectivity index (χ3v) is 2.65. The van der Waals surface area contributed by atoms with Crippen molar-refractivity contribution in [2.45, 2.75) is 39.2 Å². The Kier molecular flexibility index (Phi) is 7.69. The molecule has 0 aliphatic rings. The zero-order chi connectivity index (χ0) is 12.3. The number of aryl methyl sites for hydroxylation is 1. The van der Waals surface area contributed by atoms with E-state index in [0.29, 0.717) is 6.04 Å². The van der Waals surface area contributed by atoms with Gasteiger partial charge in [-0.15, -0.1) is 0 Å². The van der Waals surface area contributed by atoms with Crippen LogP contribution in [0.5, 0.6) is 0 Å². The van der Waals surface area contributed by atoms with Crippen molar-refractivity contribution in [3.8, 4) is 0 Å². The van der Waals surface area contributed by atoms with Gasteiger partial charge in [0.1, 0.15) is 0 Å². The molecule has 0 aromatic heterocycles. The van der Waals surface area contributed by atoms with E-state index in [9.17, 15) is 0 Å². The molecule has 0 radical (unpaired) electrons. The first-order chi connectivity index (χ1) is 8.29. The maximum atomic E-state index is 5.56. The summed E-state index contributed by atoms with van der Waals surface area (Å²) in [7, 11) is 0. The van der Waals surface area contributed by atoms with Gasteiger partial charge >= 0.3 is 0 Å². The third kappa shape index (κ3) is 7.94. The molecule has 0 amide bonds. The number of nitrogens with one attached hydrogen (secondary N) is 1. The van der Waals surface area contributed by atoms with Crippen molar-refractivity contribution in [1.29, 1.82) is 0 Å². The van der Waals surface area contributed by atoms with Gasteiger partial charge in [-0.2, -0.15) is 0 Å². The zero-order valence-electron chi connectivity index (χ0n) is 11.1. The summed E-state index contributed by atoms with van der Waals surface area (Å²) in [4.78, 5) is 0. The molecule has 0 heterocycles. The summed E-state index contributed by atoms with van der Waals surface area (Å²) in [5, 5.41) is 3.34. The van der Waals surface area contributed by atoms with Gasteiger partial charge in [0.05, 0.1) is 6.61 Å². The molecule has 2 nitrogen and oxygen atoms in total. The van der Waals surface area contributed by atoms with E-state index in [1.165, 1.54) is 12.0 Å². The molecule has 17 heavy (non-hydrogen) atoms. The Morgan fingerprint density at radius 1 is 1.06 bits per heavy atom. The van der Waals surface area contributed by atoms with Crippen molar-refractivity contribution in [3.63, 3.8) is 0 Å². The number of hydrogen-bond acceptors (Lipinski definition) is 2. The average molecular weight is 235 g/mol. The molecule has 0 aliphatic heterocycles. The normalized spacial score (nSPS) is 11.0. The largest absolute Gasteiger partial charge is 0.380 e. The molecule has 0 bridgehead atoms. The van der Waals surface area contributed by atoms with Gasteiger partial charge in [0, 0.05) is 19.2 Å². The summed E-state index contributed by atoms with van der Waals surface area (Å²) in [6, 6.07) is 11.2. The number of benzene rings is 1. The van der Waals surface area contributed by atoms with Gasteiger partial charge in [-0.1, -0.05) is 44.2 Å². The number of rotatable bonds is 9. The van der Waals surface area contributed by atoms with E-state index in [1.54, 1.807) is 0 Å². The van der Waals surface area contributed by atoms with Crippen LogP contribution in [-0.2, 0) is 11.2 Å². The van der Waals surface area contributed by atoms with Crippen molar-refractivity contribution in [2.75, 3.05) is 19.8 Å². The molecule has 0 aliphatic carbocycles. The van der Waals surface area contributed by atoms with E-state index in [4.69, 9.17) is 4.74 Å². The predicted octanol–water partition coefficient (Wildman–Crippen LogP) is 3.02. The van der Waals surface area contributed by atoms with Crippen LogP contribution in [0.25, 0.3) is 0 Å². The standard InChI is InChI=1S/C15H25NO/c1-14(2)16-11-13-17-12-7-6-10-15-8-4-3-5-9-15/h3-5,8-9,14,16H,6-7,10-13H2,1-2H3. The van der Waals surface area contributed by atoms with Gasteiger partial charge < -0.3 is 10.1 Å². The topological polar surface area (TPSA) is 21.3 Å². The average Bonchev–Trinajstić information content (AvgIpc) is 2.33. The molecule has 0 spiro atoms. The minimum absolute atomic E-state index is 0.552. The van der Waals surface area contributed by atoms with Crippen LogP contribution in [0.4, 0.5) is 0 Å². The first kappa shape index (κ1) is 14.2. The quantitative estimate of drug-likeness (QED) is 0.664. The van der Waals surface area contributed by atoms with Crippen molar-refractivity contribution in [3.05, 3.63) is 35.9 Å². The maximum absolute atomic E-state index is 5.56. The fourth-order valence-electron chi connectivity index (χ4n) is 1.70. The summed E-state index contributed by atoms with van der Waals surface area (Å²) in [5.41, 5.74) is 1.42. The molecule has 1 N–H and O–H groups in total. The number of ether oxygens (including phenoxy) is 1. The highest BCUT2D eigenvalue weighted by Gasteiger charge is 1.94. The van der Waals surface area contributed by atoms with Gasteiger partial charge in [-0.3, -0.25) is 0 Å². The minimum Gasteiger partial charge on any atom is -0.380 e. The molecule has 1 aromatic rings. The van der Waals surface area contributed by atoms with Gasteiger partial charge in [0.15, 0.2) is 0 Å². The highest BCUT2D eigenvalue weighted by atomic mass is 16.5. The van der Waals surface area contributed by atoms with Crippen molar-refractivity contribution >= 4 is 0 Å². The second kappa shape index (κ2) is 9.20. The molecular formula is C15H25NO. The molecule has 1 rings (SSSR count). The third-order valence-electron chi connectivity index (χ3n) is 2.65. The lowest BCUT2D eigenvalue weighted by Crippen LogP contribution is -2.26. The van der Waals surface area contributed by atoms with Crippen LogP contribution in [0.1, 0.15) is 32.3 Å². The van der Waals surface area contributed by atoms with E-state index in [-0.39, 0.29) is 0 Å². The van der Waals surface area contributed by atoms with Crippen molar-refractivity contribution < 1.29 is 4.74 Å². The van der Waals surface area contributed by atoms with E-state index < -0.39 is 0 Å². The Morgan fingerprint density at radius 2 is 1.82 bits per heavy atom. The molecule has 0 saturated carbocycles. The van der Waals surface area contributed by atoms with Gasteiger partial charge in [-0.25, -0.2) is 0 Å². The summed E-state index contributed by atoms with van der Waals surface area (Å²) in [5.74, 6) is 0. The van der Waals surface area contributed by atoms with Crippen LogP contribution in [0.15, 0.2) is 30.3 Å². The SMILES string of the molecule is CC(C)NCCOCCCCc1ccccc1. The Hall–Kier alpha value is -0.860. The van der Waals surface area contributed by atoms with Gasteiger partial charge in [0.2, 0.25) is 0 Å². The summed E-state index contributed by atoms with van der Waals surface area (Å²) < 4.78 is 5.56. The lowest BCUT2D eigenvalue weighted by Gasteiger charge is -2.08. The van der Waals surface area contributed by atoms with E-state index in [0.717, 1.165) is 32.6 Å². The smallest absolute Gasteiger partial charge is 0.0590 e. The van der Waals surface area contributed by atoms with Crippen LogP contribution in [0.3, 0.4) is 0 Å². The van der Waals surface area contributed by atoms with Crippen molar-refractivity contribution in [2.24, 2.45) is 0 Å². The Bertz CT molecular complexity index is 272. The molecule has 0 atom stereocenters. The van der Waals surface area contributed by atoms with Gasteiger partial charge in [0.25, 0.3) is 0 Å². The first-order valence-electron chi connectivity index (χ1n) is 6.64. The summed E-state index contributed by atoms with van der Waals surface area (Å²) in [6.07, 6.45) is 3.52. The molecule has 0 saturated heterocycles. The molecule has 2 heteroatoms. The van der Waals surface area contributed by atoms with E-state index in [2.05, 4.69) is 49.5 Å². The Labute approximate surface area is 105 Å². The van der Waals surface area contributed by atoms with Crippen LogP contribution in [0.2, 0.25) is 0 Å². The van der Waals surface area contributed by atoms with Crippen LogP contribution in [0, 0.1) is 0 Å². The summed E-state index contributed by atoms with van der Waals surface area (Å²) in [6.45, 7) is 6.96. The monoisotopic (exact) mass is 235 g/mol. The fraction of sp³-hybridized carbons (Fsp3) is 0.600. The lowest BCUT2D eigenvalue weighted by atomic mass is 10.1. The lowest BCUT2D eigenvalue weighted by molar-refractivity contribution is 0.131. The van der Waals surface area contributed by atoms with Crippen LogP contribution in [-0.4, -0.2) is 25.8 Å². The number of hydrogen-bond donors (Lipinski definition) is 1. The summed E-state index contributed by atoms with van der Waals surface area (Å²) >= 11 is 0. The highest BCUT2D eigenvalue weighted by Crippen LogP contribution is 2.04. The molecule has 0 fully saturated rings. The molecular weight excluding hydrogens is 210 g/mol. The molecule has 96 valence electrons. The maximum Gasteiger partial charge on any atom is 0.0590 e. The zero-order valence-corrected chi connectivity index (χ0v) is 11.1.